The highest BCUT2D eigenvalue weighted by atomic mass is 32.2. The molecule has 0 amide bonds. The molecule has 0 aromatic carbocycles. The Labute approximate surface area is 131 Å². The normalized spacial score (nSPS) is 36.3. The van der Waals surface area contributed by atoms with Gasteiger partial charge in [0.15, 0.2) is 5.79 Å². The van der Waals surface area contributed by atoms with Crippen LogP contribution in [0.3, 0.4) is 0 Å². The maximum Gasteiger partial charge on any atom is 0.170 e. The van der Waals surface area contributed by atoms with Crippen LogP contribution in [0.5, 0.6) is 0 Å². The molecule has 0 aromatic rings. The number of nitrogens with zero attached hydrogens (tertiary/aromatic N) is 1. The van der Waals surface area contributed by atoms with Gasteiger partial charge >= 0.3 is 0 Å². The first kappa shape index (κ1) is 14.8. The molecule has 4 aliphatic rings. The van der Waals surface area contributed by atoms with Gasteiger partial charge in [0.05, 0.1) is 18.8 Å². The van der Waals surface area contributed by atoms with Gasteiger partial charge < -0.3 is 14.2 Å². The van der Waals surface area contributed by atoms with Crippen LogP contribution >= 0.6 is 11.8 Å². The predicted octanol–water partition coefficient (Wildman–Crippen LogP) is 2.27. The van der Waals surface area contributed by atoms with Crippen LogP contribution in [0.1, 0.15) is 38.5 Å². The van der Waals surface area contributed by atoms with Crippen molar-refractivity contribution in [1.29, 1.82) is 0 Å². The van der Waals surface area contributed by atoms with Crippen molar-refractivity contribution in [2.24, 2.45) is 0 Å². The Morgan fingerprint density at radius 2 is 1.57 bits per heavy atom. The fourth-order valence-electron chi connectivity index (χ4n) is 4.42. The van der Waals surface area contributed by atoms with E-state index in [2.05, 4.69) is 16.7 Å². The summed E-state index contributed by atoms with van der Waals surface area (Å²) in [5.74, 6) is 2.32. The molecule has 0 aliphatic carbocycles. The first-order valence-electron chi connectivity index (χ1n) is 8.53. The third-order valence-electron chi connectivity index (χ3n) is 5.76. The lowest BCUT2D eigenvalue weighted by Crippen LogP contribution is -2.54. The molecule has 1 atom stereocenters. The Balaban J connectivity index is 1.36. The second-order valence-electron chi connectivity index (χ2n) is 6.93. The Hall–Kier alpha value is 0.190. The van der Waals surface area contributed by atoms with E-state index in [1.165, 1.54) is 37.2 Å². The summed E-state index contributed by atoms with van der Waals surface area (Å²) >= 11 is 2.09. The smallest absolute Gasteiger partial charge is 0.170 e. The Morgan fingerprint density at radius 3 is 2.29 bits per heavy atom. The second-order valence-corrected chi connectivity index (χ2v) is 8.16. The summed E-state index contributed by atoms with van der Waals surface area (Å²) in [6, 6.07) is 0.709. The van der Waals surface area contributed by atoms with Crippen molar-refractivity contribution in [3.05, 3.63) is 0 Å². The van der Waals surface area contributed by atoms with Crippen LogP contribution in [0.15, 0.2) is 0 Å². The SMILES string of the molecule is C1CC(N2CCC3(CC2)OCCO3)CC2(CCSCC2)O1. The standard InChI is InChI=1S/C16H27NO3S/c1-8-18-15(4-11-21-12-5-15)13-14(1)17-6-2-16(3-7-17)19-9-10-20-16/h14H,1-13H2. The van der Waals surface area contributed by atoms with E-state index in [0.717, 1.165) is 45.8 Å². The minimum atomic E-state index is -0.235. The average Bonchev–Trinajstić information content (AvgIpc) is 2.97. The number of ether oxygens (including phenoxy) is 3. The highest BCUT2D eigenvalue weighted by molar-refractivity contribution is 7.99. The van der Waals surface area contributed by atoms with Crippen molar-refractivity contribution in [3.8, 4) is 0 Å². The van der Waals surface area contributed by atoms with E-state index in [1.54, 1.807) is 0 Å². The Bertz CT molecular complexity index is 351. The molecule has 0 bridgehead atoms. The van der Waals surface area contributed by atoms with Gasteiger partial charge in [-0.15, -0.1) is 0 Å². The lowest BCUT2D eigenvalue weighted by Gasteiger charge is -2.48. The maximum atomic E-state index is 6.23. The van der Waals surface area contributed by atoms with Crippen molar-refractivity contribution in [2.45, 2.75) is 56.0 Å². The van der Waals surface area contributed by atoms with Crippen LogP contribution in [-0.4, -0.2) is 66.7 Å². The second kappa shape index (κ2) is 6.00. The van der Waals surface area contributed by atoms with Gasteiger partial charge in [-0.2, -0.15) is 11.8 Å². The molecule has 4 heterocycles. The van der Waals surface area contributed by atoms with Crippen LogP contribution in [0.4, 0.5) is 0 Å². The zero-order valence-electron chi connectivity index (χ0n) is 12.8. The quantitative estimate of drug-likeness (QED) is 0.741. The topological polar surface area (TPSA) is 30.9 Å². The van der Waals surface area contributed by atoms with E-state index < -0.39 is 0 Å². The molecule has 0 radical (unpaired) electrons. The molecule has 1 unspecified atom stereocenters. The monoisotopic (exact) mass is 313 g/mol. The van der Waals surface area contributed by atoms with Crippen LogP contribution < -0.4 is 0 Å². The number of hydrogen-bond acceptors (Lipinski definition) is 5. The molecule has 4 rings (SSSR count). The third kappa shape index (κ3) is 3.00. The first-order chi connectivity index (χ1) is 10.3. The van der Waals surface area contributed by atoms with Gasteiger partial charge in [0.25, 0.3) is 0 Å². The van der Waals surface area contributed by atoms with Gasteiger partial charge in [-0.05, 0) is 37.2 Å². The lowest BCUT2D eigenvalue weighted by atomic mass is 9.84. The zero-order valence-corrected chi connectivity index (χ0v) is 13.7. The molecule has 5 heteroatoms. The van der Waals surface area contributed by atoms with Crippen LogP contribution in [-0.2, 0) is 14.2 Å². The van der Waals surface area contributed by atoms with Crippen LogP contribution in [0.25, 0.3) is 0 Å². The third-order valence-corrected chi connectivity index (χ3v) is 6.75. The maximum absolute atomic E-state index is 6.23. The van der Waals surface area contributed by atoms with E-state index in [9.17, 15) is 0 Å². The summed E-state index contributed by atoms with van der Waals surface area (Å²) in [6.07, 6.45) is 7.00. The predicted molar refractivity (Wildman–Crippen MR) is 83.7 cm³/mol. The minimum absolute atomic E-state index is 0.198. The van der Waals surface area contributed by atoms with Gasteiger partial charge in [0, 0.05) is 38.6 Å². The highest BCUT2D eigenvalue weighted by Crippen LogP contribution is 2.40. The van der Waals surface area contributed by atoms with Crippen molar-refractivity contribution in [2.75, 3.05) is 44.4 Å². The number of hydrogen-bond donors (Lipinski definition) is 0. The molecule has 21 heavy (non-hydrogen) atoms. The lowest BCUT2D eigenvalue weighted by molar-refractivity contribution is -0.193. The van der Waals surface area contributed by atoms with Crippen molar-refractivity contribution < 1.29 is 14.2 Å². The molecule has 4 nitrogen and oxygen atoms in total. The number of piperidine rings is 1. The van der Waals surface area contributed by atoms with E-state index in [-0.39, 0.29) is 11.4 Å². The Kier molecular flexibility index (Phi) is 4.22. The van der Waals surface area contributed by atoms with Gasteiger partial charge in [-0.1, -0.05) is 0 Å². The molecule has 4 aliphatic heterocycles. The van der Waals surface area contributed by atoms with Crippen molar-refractivity contribution in [3.63, 3.8) is 0 Å². The van der Waals surface area contributed by atoms with Crippen molar-refractivity contribution in [1.82, 2.24) is 4.90 Å². The Morgan fingerprint density at radius 1 is 0.857 bits per heavy atom. The van der Waals surface area contributed by atoms with Gasteiger partial charge in [0.2, 0.25) is 0 Å². The molecule has 0 N–H and O–H groups in total. The number of thioether (sulfide) groups is 1. The molecule has 4 fully saturated rings. The zero-order chi connectivity index (χ0) is 14.2. The molecule has 120 valence electrons. The molecule has 0 aromatic heterocycles. The summed E-state index contributed by atoms with van der Waals surface area (Å²) in [6.45, 7) is 4.74. The number of likely N-dealkylation sites (tertiary alicyclic amines) is 1. The van der Waals surface area contributed by atoms with E-state index in [4.69, 9.17) is 14.2 Å². The fraction of sp³-hybridized carbons (Fsp3) is 1.00. The number of rotatable bonds is 1. The fourth-order valence-corrected chi connectivity index (χ4v) is 5.66. The summed E-state index contributed by atoms with van der Waals surface area (Å²) in [5.41, 5.74) is 0.198. The van der Waals surface area contributed by atoms with Crippen LogP contribution in [0, 0.1) is 0 Å². The molecule has 0 saturated carbocycles. The van der Waals surface area contributed by atoms with Crippen molar-refractivity contribution >= 4 is 11.8 Å². The summed E-state index contributed by atoms with van der Waals surface area (Å²) in [4.78, 5) is 2.68. The van der Waals surface area contributed by atoms with E-state index in [1.807, 2.05) is 0 Å². The molecular formula is C16H27NO3S. The summed E-state index contributed by atoms with van der Waals surface area (Å²) in [7, 11) is 0. The van der Waals surface area contributed by atoms with Gasteiger partial charge in [-0.3, -0.25) is 4.90 Å². The largest absolute Gasteiger partial charge is 0.375 e. The molecular weight excluding hydrogens is 286 g/mol. The minimum Gasteiger partial charge on any atom is -0.375 e. The molecule has 2 spiro atoms. The molecule has 4 saturated heterocycles. The van der Waals surface area contributed by atoms with Gasteiger partial charge in [-0.25, -0.2) is 0 Å². The van der Waals surface area contributed by atoms with E-state index >= 15 is 0 Å². The average molecular weight is 313 g/mol. The van der Waals surface area contributed by atoms with Crippen LogP contribution in [0.2, 0.25) is 0 Å². The summed E-state index contributed by atoms with van der Waals surface area (Å²) < 4.78 is 17.9. The van der Waals surface area contributed by atoms with Gasteiger partial charge in [0.1, 0.15) is 0 Å². The van der Waals surface area contributed by atoms with E-state index in [0.29, 0.717) is 6.04 Å². The first-order valence-corrected chi connectivity index (χ1v) is 9.69. The summed E-state index contributed by atoms with van der Waals surface area (Å²) in [5, 5.41) is 0. The highest BCUT2D eigenvalue weighted by Gasteiger charge is 2.44.